The average molecular weight is 384 g/mol. The number of nitrogens with zero attached hydrogens (tertiary/aromatic N) is 2. The lowest BCUT2D eigenvalue weighted by atomic mass is 9.88. The van der Waals surface area contributed by atoms with Gasteiger partial charge in [0.2, 0.25) is 0 Å². The van der Waals surface area contributed by atoms with Gasteiger partial charge in [-0.15, -0.1) is 0 Å². The Morgan fingerprint density at radius 1 is 1.37 bits per heavy atom. The average Bonchev–Trinajstić information content (AvgIpc) is 3.13. The van der Waals surface area contributed by atoms with Crippen LogP contribution in [0, 0.1) is 24.6 Å². The zero-order chi connectivity index (χ0) is 19.8. The molecular weight excluding hydrogens is 357 g/mol. The highest BCUT2D eigenvalue weighted by atomic mass is 19.3. The molecule has 0 bridgehead atoms. The molecule has 1 aromatic carbocycles. The molecular formula is C20H27F3N2O2. The van der Waals surface area contributed by atoms with Crippen LogP contribution < -0.4 is 0 Å². The van der Waals surface area contributed by atoms with E-state index in [9.17, 15) is 23.1 Å². The van der Waals surface area contributed by atoms with E-state index in [0.29, 0.717) is 19.6 Å². The predicted octanol–water partition coefficient (Wildman–Crippen LogP) is 2.93. The summed E-state index contributed by atoms with van der Waals surface area (Å²) in [5, 5.41) is 9.95. The van der Waals surface area contributed by atoms with E-state index in [4.69, 9.17) is 0 Å². The first kappa shape index (κ1) is 20.1. The Hall–Kier alpha value is -1.60. The molecule has 150 valence electrons. The molecule has 7 heteroatoms. The largest absolute Gasteiger partial charge is 0.394 e. The van der Waals surface area contributed by atoms with Crippen molar-refractivity contribution in [2.24, 2.45) is 11.8 Å². The summed E-state index contributed by atoms with van der Waals surface area (Å²) in [7, 11) is 0. The number of halogens is 3. The van der Waals surface area contributed by atoms with Crippen LogP contribution in [-0.4, -0.2) is 65.6 Å². The summed E-state index contributed by atoms with van der Waals surface area (Å²) >= 11 is 0. The molecule has 2 saturated heterocycles. The quantitative estimate of drug-likeness (QED) is 0.849. The summed E-state index contributed by atoms with van der Waals surface area (Å²) in [6.07, 6.45) is 0.614. The second-order valence-corrected chi connectivity index (χ2v) is 7.86. The number of alkyl halides is 2. The Labute approximate surface area is 158 Å². The smallest absolute Gasteiger partial charge is 0.261 e. The molecule has 0 saturated carbocycles. The van der Waals surface area contributed by atoms with Gasteiger partial charge in [0, 0.05) is 26.1 Å². The maximum atomic E-state index is 14.3. The molecule has 1 amide bonds. The molecule has 3 atom stereocenters. The van der Waals surface area contributed by atoms with Crippen LogP contribution >= 0.6 is 0 Å². The number of carbonyl (C=O) groups excluding carboxylic acids is 1. The van der Waals surface area contributed by atoms with E-state index in [-0.39, 0.29) is 37.0 Å². The van der Waals surface area contributed by atoms with Crippen molar-refractivity contribution in [1.29, 1.82) is 0 Å². The highest BCUT2D eigenvalue weighted by Gasteiger charge is 2.46. The topological polar surface area (TPSA) is 43.8 Å². The van der Waals surface area contributed by atoms with Gasteiger partial charge in [-0.05, 0) is 36.5 Å². The molecule has 0 aliphatic carbocycles. The molecule has 2 aliphatic heterocycles. The minimum atomic E-state index is -2.67. The van der Waals surface area contributed by atoms with Crippen LogP contribution in [-0.2, 0) is 0 Å². The molecule has 27 heavy (non-hydrogen) atoms. The van der Waals surface area contributed by atoms with Gasteiger partial charge >= 0.3 is 0 Å². The molecule has 0 unspecified atom stereocenters. The normalized spacial score (nSPS) is 28.1. The summed E-state index contributed by atoms with van der Waals surface area (Å²) in [6.45, 7) is 4.34. The second kappa shape index (κ2) is 7.80. The van der Waals surface area contributed by atoms with Gasteiger partial charge in [-0.2, -0.15) is 0 Å². The number of carbonyl (C=O) groups is 1. The SMILES string of the molecule is CC[C@@H]1CN(C(=O)c2ccc(C)cc2F)[C@H](CO)[C@@H]1CN1CCC(F)(F)C1. The Morgan fingerprint density at radius 2 is 2.11 bits per heavy atom. The van der Waals surface area contributed by atoms with Crippen molar-refractivity contribution >= 4 is 5.91 Å². The minimum Gasteiger partial charge on any atom is -0.394 e. The third-order valence-electron chi connectivity index (χ3n) is 5.98. The Kier molecular flexibility index (Phi) is 5.82. The Morgan fingerprint density at radius 3 is 2.67 bits per heavy atom. The number of aliphatic hydroxyl groups excluding tert-OH is 1. The van der Waals surface area contributed by atoms with Gasteiger partial charge in [-0.25, -0.2) is 13.2 Å². The lowest BCUT2D eigenvalue weighted by molar-refractivity contribution is 0.00884. The van der Waals surface area contributed by atoms with Crippen LogP contribution in [0.2, 0.25) is 0 Å². The van der Waals surface area contributed by atoms with Crippen molar-refractivity contribution in [2.45, 2.75) is 38.7 Å². The summed E-state index contributed by atoms with van der Waals surface area (Å²) in [6, 6.07) is 3.98. The van der Waals surface area contributed by atoms with Crippen LogP contribution in [0.1, 0.15) is 35.7 Å². The number of aliphatic hydroxyl groups is 1. The number of hydrogen-bond donors (Lipinski definition) is 1. The lowest BCUT2D eigenvalue weighted by Crippen LogP contribution is -2.43. The van der Waals surface area contributed by atoms with E-state index in [2.05, 4.69) is 0 Å². The maximum Gasteiger partial charge on any atom is 0.261 e. The van der Waals surface area contributed by atoms with Crippen LogP contribution in [0.3, 0.4) is 0 Å². The Balaban J connectivity index is 1.79. The standard InChI is InChI=1S/C20H27F3N2O2/c1-3-14-9-25(19(27)15-5-4-13(2)8-17(15)21)18(11-26)16(14)10-24-7-6-20(22,23)12-24/h4-5,8,14,16,18,26H,3,6-7,9-12H2,1-2H3/t14-,16-,18-/m1/s1. The molecule has 2 fully saturated rings. The van der Waals surface area contributed by atoms with Crippen molar-refractivity contribution in [3.63, 3.8) is 0 Å². The molecule has 2 heterocycles. The summed E-state index contributed by atoms with van der Waals surface area (Å²) in [4.78, 5) is 16.2. The van der Waals surface area contributed by atoms with E-state index in [0.717, 1.165) is 12.0 Å². The van der Waals surface area contributed by atoms with Crippen molar-refractivity contribution < 1.29 is 23.1 Å². The fourth-order valence-corrected chi connectivity index (χ4v) is 4.45. The van der Waals surface area contributed by atoms with Gasteiger partial charge in [0.15, 0.2) is 0 Å². The van der Waals surface area contributed by atoms with E-state index >= 15 is 0 Å². The summed E-state index contributed by atoms with van der Waals surface area (Å²) in [5.41, 5.74) is 0.714. The monoisotopic (exact) mass is 384 g/mol. The molecule has 0 spiro atoms. The van der Waals surface area contributed by atoms with Crippen LogP contribution in [0.25, 0.3) is 0 Å². The van der Waals surface area contributed by atoms with Crippen molar-refractivity contribution in [1.82, 2.24) is 9.80 Å². The zero-order valence-electron chi connectivity index (χ0n) is 15.8. The van der Waals surface area contributed by atoms with E-state index in [1.165, 1.54) is 17.0 Å². The molecule has 4 nitrogen and oxygen atoms in total. The molecule has 1 aromatic rings. The lowest BCUT2D eigenvalue weighted by Gasteiger charge is -2.30. The van der Waals surface area contributed by atoms with Gasteiger partial charge in [0.25, 0.3) is 11.8 Å². The number of likely N-dealkylation sites (tertiary alicyclic amines) is 2. The molecule has 0 radical (unpaired) electrons. The molecule has 1 N–H and O–H groups in total. The van der Waals surface area contributed by atoms with E-state index < -0.39 is 23.7 Å². The highest BCUT2D eigenvalue weighted by molar-refractivity contribution is 5.95. The summed E-state index contributed by atoms with van der Waals surface area (Å²) < 4.78 is 41.3. The number of benzene rings is 1. The fourth-order valence-electron chi connectivity index (χ4n) is 4.45. The third-order valence-corrected chi connectivity index (χ3v) is 5.98. The minimum absolute atomic E-state index is 0.0118. The zero-order valence-corrected chi connectivity index (χ0v) is 15.8. The van der Waals surface area contributed by atoms with Crippen molar-refractivity contribution in [2.75, 3.05) is 32.8 Å². The number of hydrogen-bond acceptors (Lipinski definition) is 3. The van der Waals surface area contributed by atoms with Crippen molar-refractivity contribution in [3.8, 4) is 0 Å². The van der Waals surface area contributed by atoms with Gasteiger partial charge in [0.1, 0.15) is 5.82 Å². The first-order valence-electron chi connectivity index (χ1n) is 9.54. The number of aryl methyl sites for hydroxylation is 1. The Bertz CT molecular complexity index is 698. The van der Waals surface area contributed by atoms with Crippen molar-refractivity contribution in [3.05, 3.63) is 35.1 Å². The third kappa shape index (κ3) is 4.14. The first-order chi connectivity index (χ1) is 12.8. The van der Waals surface area contributed by atoms with Crippen LogP contribution in [0.15, 0.2) is 18.2 Å². The second-order valence-electron chi connectivity index (χ2n) is 7.86. The summed E-state index contributed by atoms with van der Waals surface area (Å²) in [5.74, 6) is -3.71. The first-order valence-corrected chi connectivity index (χ1v) is 9.54. The fraction of sp³-hybridized carbons (Fsp3) is 0.650. The van der Waals surface area contributed by atoms with Crippen LogP contribution in [0.5, 0.6) is 0 Å². The van der Waals surface area contributed by atoms with Gasteiger partial charge in [0.05, 0.1) is 24.8 Å². The van der Waals surface area contributed by atoms with Gasteiger partial charge < -0.3 is 10.0 Å². The molecule has 3 rings (SSSR count). The van der Waals surface area contributed by atoms with Gasteiger partial charge in [-0.1, -0.05) is 19.4 Å². The molecule has 2 aliphatic rings. The van der Waals surface area contributed by atoms with E-state index in [1.807, 2.05) is 6.92 Å². The number of amides is 1. The number of rotatable bonds is 5. The van der Waals surface area contributed by atoms with Gasteiger partial charge in [-0.3, -0.25) is 9.69 Å². The highest BCUT2D eigenvalue weighted by Crippen LogP contribution is 2.36. The van der Waals surface area contributed by atoms with Crippen LogP contribution in [0.4, 0.5) is 13.2 Å². The van der Waals surface area contributed by atoms with E-state index in [1.54, 1.807) is 17.9 Å². The molecule has 0 aromatic heterocycles. The predicted molar refractivity (Wildman–Crippen MR) is 96.3 cm³/mol. The maximum absolute atomic E-state index is 14.3.